The molecule has 1 aromatic heterocycles. The highest BCUT2D eigenvalue weighted by Crippen LogP contribution is 2.33. The minimum absolute atomic E-state index is 0.709. The van der Waals surface area contributed by atoms with Gasteiger partial charge in [-0.2, -0.15) is 0 Å². The number of aromatic nitrogens is 2. The molecular formula is C27H21N5S. The number of nitrogens with zero attached hydrogens (tertiary/aromatic N) is 4. The molecule has 4 aromatic rings. The number of thioether (sulfide) groups is 1. The summed E-state index contributed by atoms with van der Waals surface area (Å²) < 4.78 is 0. The average Bonchev–Trinajstić information content (AvgIpc) is 3.47. The van der Waals surface area contributed by atoms with Crippen LogP contribution in [0.3, 0.4) is 0 Å². The van der Waals surface area contributed by atoms with E-state index in [2.05, 4.69) is 59.5 Å². The van der Waals surface area contributed by atoms with Crippen molar-refractivity contribution in [2.75, 3.05) is 10.8 Å². The van der Waals surface area contributed by atoms with Crippen LogP contribution in [0.5, 0.6) is 0 Å². The molecule has 0 saturated carbocycles. The fraction of sp³-hybridized carbons (Fsp3) is 0.0741. The van der Waals surface area contributed by atoms with Gasteiger partial charge in [0.05, 0.1) is 21.9 Å². The molecule has 2 aliphatic heterocycles. The minimum Gasteiger partial charge on any atom is -0.299 e. The van der Waals surface area contributed by atoms with Gasteiger partial charge in [-0.3, -0.25) is 10.4 Å². The molecule has 5 nitrogen and oxygen atoms in total. The smallest absolute Gasteiger partial charge is 0.190 e. The third-order valence-corrected chi connectivity index (χ3v) is 6.70. The number of fused-ring (bicyclic) bond motifs is 2. The van der Waals surface area contributed by atoms with Crippen LogP contribution in [-0.4, -0.2) is 21.4 Å². The van der Waals surface area contributed by atoms with Crippen LogP contribution >= 0.6 is 11.8 Å². The molecule has 1 N–H and O–H groups in total. The molecule has 0 atom stereocenters. The van der Waals surface area contributed by atoms with Crippen molar-refractivity contribution in [2.24, 2.45) is 4.99 Å². The second kappa shape index (κ2) is 8.22. The summed E-state index contributed by atoms with van der Waals surface area (Å²) in [6.07, 6.45) is 2.77. The number of benzene rings is 3. The first-order chi connectivity index (χ1) is 16.2. The molecule has 3 heterocycles. The van der Waals surface area contributed by atoms with E-state index in [1.54, 1.807) is 11.8 Å². The Hall–Kier alpha value is -3.90. The fourth-order valence-corrected chi connectivity index (χ4v) is 4.90. The van der Waals surface area contributed by atoms with Gasteiger partial charge < -0.3 is 0 Å². The molecule has 3 aromatic carbocycles. The fourth-order valence-electron chi connectivity index (χ4n) is 4.12. The van der Waals surface area contributed by atoms with Gasteiger partial charge in [0, 0.05) is 24.1 Å². The Morgan fingerprint density at radius 1 is 0.909 bits per heavy atom. The Morgan fingerprint density at radius 3 is 2.52 bits per heavy atom. The van der Waals surface area contributed by atoms with Crippen molar-refractivity contribution in [1.29, 1.82) is 0 Å². The zero-order chi connectivity index (χ0) is 22.2. The van der Waals surface area contributed by atoms with Crippen molar-refractivity contribution in [3.05, 3.63) is 95.0 Å². The molecule has 0 spiro atoms. The SMILES string of the molecule is C=c1nc(SCC2=Nc3cc(-c4ccccc4)ccc3C2)nc2c1=CNN2c1ccccc1. The summed E-state index contributed by atoms with van der Waals surface area (Å²) in [6, 6.07) is 27.1. The van der Waals surface area contributed by atoms with E-state index in [4.69, 9.17) is 9.98 Å². The van der Waals surface area contributed by atoms with Crippen LogP contribution in [0.4, 0.5) is 17.2 Å². The van der Waals surface area contributed by atoms with E-state index < -0.39 is 0 Å². The van der Waals surface area contributed by atoms with Gasteiger partial charge in [0.15, 0.2) is 11.0 Å². The highest BCUT2D eigenvalue weighted by atomic mass is 32.2. The maximum absolute atomic E-state index is 4.91. The number of para-hydroxylation sites is 1. The van der Waals surface area contributed by atoms with E-state index in [1.807, 2.05) is 47.6 Å². The highest BCUT2D eigenvalue weighted by Gasteiger charge is 2.20. The summed E-state index contributed by atoms with van der Waals surface area (Å²) in [6.45, 7) is 4.14. The van der Waals surface area contributed by atoms with E-state index in [-0.39, 0.29) is 0 Å². The lowest BCUT2D eigenvalue weighted by Crippen LogP contribution is -2.31. The van der Waals surface area contributed by atoms with Crippen molar-refractivity contribution < 1.29 is 0 Å². The van der Waals surface area contributed by atoms with E-state index >= 15 is 0 Å². The Bertz CT molecular complexity index is 1480. The summed E-state index contributed by atoms with van der Waals surface area (Å²) >= 11 is 1.60. The van der Waals surface area contributed by atoms with Crippen LogP contribution in [0.15, 0.2) is 89.0 Å². The normalized spacial score (nSPS) is 13.7. The summed E-state index contributed by atoms with van der Waals surface area (Å²) in [5.74, 6) is 1.57. The molecule has 0 saturated heterocycles. The van der Waals surface area contributed by atoms with Gasteiger partial charge in [0.2, 0.25) is 0 Å². The van der Waals surface area contributed by atoms with E-state index in [9.17, 15) is 0 Å². The molecule has 160 valence electrons. The zero-order valence-electron chi connectivity index (χ0n) is 17.9. The predicted molar refractivity (Wildman–Crippen MR) is 136 cm³/mol. The maximum atomic E-state index is 4.91. The van der Waals surface area contributed by atoms with Gasteiger partial charge in [-0.05, 0) is 34.9 Å². The predicted octanol–water partition coefficient (Wildman–Crippen LogP) is 4.37. The number of nitrogens with one attached hydrogen (secondary N) is 1. The summed E-state index contributed by atoms with van der Waals surface area (Å²) in [7, 11) is 0. The molecule has 6 rings (SSSR count). The van der Waals surface area contributed by atoms with Crippen LogP contribution < -0.4 is 21.0 Å². The second-order valence-electron chi connectivity index (χ2n) is 7.99. The molecule has 6 heteroatoms. The molecular weight excluding hydrogens is 426 g/mol. The molecule has 2 aliphatic rings. The Labute approximate surface area is 196 Å². The molecule has 0 radical (unpaired) electrons. The summed E-state index contributed by atoms with van der Waals surface area (Å²) in [5, 5.41) is 4.31. The number of hydrogen-bond donors (Lipinski definition) is 1. The van der Waals surface area contributed by atoms with Crippen LogP contribution in [0.1, 0.15) is 5.56 Å². The van der Waals surface area contributed by atoms with E-state index in [1.165, 1.54) is 16.7 Å². The molecule has 0 aliphatic carbocycles. The lowest BCUT2D eigenvalue weighted by atomic mass is 10.0. The van der Waals surface area contributed by atoms with Crippen LogP contribution in [-0.2, 0) is 6.42 Å². The van der Waals surface area contributed by atoms with Gasteiger partial charge in [-0.25, -0.2) is 15.0 Å². The topological polar surface area (TPSA) is 53.4 Å². The summed E-state index contributed by atoms with van der Waals surface area (Å²) in [4.78, 5) is 14.4. The first-order valence-electron chi connectivity index (χ1n) is 10.8. The minimum atomic E-state index is 0.709. The molecule has 0 amide bonds. The second-order valence-corrected chi connectivity index (χ2v) is 8.93. The monoisotopic (exact) mass is 447 g/mol. The number of aliphatic imine (C=N–C) groups is 1. The van der Waals surface area contributed by atoms with E-state index in [0.29, 0.717) is 5.16 Å². The first-order valence-corrected chi connectivity index (χ1v) is 11.8. The van der Waals surface area contributed by atoms with Gasteiger partial charge >= 0.3 is 0 Å². The van der Waals surface area contributed by atoms with Gasteiger partial charge in [-0.15, -0.1) is 0 Å². The lowest BCUT2D eigenvalue weighted by Gasteiger charge is -2.19. The molecule has 0 bridgehead atoms. The molecule has 0 fully saturated rings. The van der Waals surface area contributed by atoms with Crippen molar-refractivity contribution in [2.45, 2.75) is 11.6 Å². The van der Waals surface area contributed by atoms with Crippen molar-refractivity contribution in [1.82, 2.24) is 15.4 Å². The van der Waals surface area contributed by atoms with E-state index in [0.717, 1.165) is 45.6 Å². The standard InChI is InChI=1S/C27H21N5S/c1-18-24-16-28-32(23-10-6-3-7-11-23)26(24)31-27(29-18)33-17-22-14-21-13-12-20(15-25(21)30-22)19-8-4-2-5-9-19/h2-13,15-16,28H,1,14,17H2. The zero-order valence-corrected chi connectivity index (χ0v) is 18.7. The van der Waals surface area contributed by atoms with Gasteiger partial charge in [-0.1, -0.05) is 79.0 Å². The van der Waals surface area contributed by atoms with Crippen LogP contribution in [0, 0.1) is 0 Å². The van der Waals surface area contributed by atoms with Crippen molar-refractivity contribution >= 4 is 47.4 Å². The lowest BCUT2D eigenvalue weighted by molar-refractivity contribution is 0.877. The number of rotatable bonds is 5. The van der Waals surface area contributed by atoms with Crippen molar-refractivity contribution in [3.8, 4) is 11.1 Å². The number of hydrazine groups is 1. The van der Waals surface area contributed by atoms with Crippen molar-refractivity contribution in [3.63, 3.8) is 0 Å². The van der Waals surface area contributed by atoms with Gasteiger partial charge in [0.25, 0.3) is 0 Å². The quantitative estimate of drug-likeness (QED) is 0.364. The summed E-state index contributed by atoms with van der Waals surface area (Å²) in [5.41, 5.74) is 10.2. The highest BCUT2D eigenvalue weighted by molar-refractivity contribution is 7.99. The van der Waals surface area contributed by atoms with Gasteiger partial charge in [0.1, 0.15) is 0 Å². The maximum Gasteiger partial charge on any atom is 0.190 e. The third-order valence-electron chi connectivity index (χ3n) is 5.78. The Morgan fingerprint density at radius 2 is 1.70 bits per heavy atom. The van der Waals surface area contributed by atoms with Crippen LogP contribution in [0.25, 0.3) is 23.9 Å². The molecule has 0 unspecified atom stereocenters. The first kappa shape index (κ1) is 19.8. The molecule has 33 heavy (non-hydrogen) atoms. The largest absolute Gasteiger partial charge is 0.299 e. The number of anilines is 2. The number of hydrogen-bond acceptors (Lipinski definition) is 6. The van der Waals surface area contributed by atoms with Crippen LogP contribution in [0.2, 0.25) is 0 Å². The Kier molecular flexibility index (Phi) is 4.92. The Balaban J connectivity index is 1.22. The average molecular weight is 448 g/mol. The third kappa shape index (κ3) is 3.79.